The highest BCUT2D eigenvalue weighted by molar-refractivity contribution is 5.75. The van der Waals surface area contributed by atoms with Crippen LogP contribution in [-0.2, 0) is 11.8 Å². The fraction of sp³-hybridized carbons (Fsp3) is 0.750. The van der Waals surface area contributed by atoms with Gasteiger partial charge in [-0.1, -0.05) is 13.8 Å². The van der Waals surface area contributed by atoms with Crippen LogP contribution in [0.2, 0.25) is 0 Å². The van der Waals surface area contributed by atoms with Crippen molar-refractivity contribution in [3.63, 3.8) is 0 Å². The zero-order valence-electron chi connectivity index (χ0n) is 13.5. The normalized spacial score (nSPS) is 19.3. The fourth-order valence-corrected chi connectivity index (χ4v) is 2.83. The number of amides is 1. The van der Waals surface area contributed by atoms with E-state index in [0.717, 1.165) is 32.6 Å². The van der Waals surface area contributed by atoms with Crippen LogP contribution < -0.4 is 5.32 Å². The van der Waals surface area contributed by atoms with Gasteiger partial charge in [0.2, 0.25) is 5.91 Å². The second-order valence-corrected chi connectivity index (χ2v) is 6.54. The Morgan fingerprint density at radius 1 is 1.52 bits per heavy atom. The summed E-state index contributed by atoms with van der Waals surface area (Å²) in [4.78, 5) is 14.1. The van der Waals surface area contributed by atoms with E-state index >= 15 is 0 Å². The summed E-state index contributed by atoms with van der Waals surface area (Å²) in [5.74, 6) is 1.31. The summed E-state index contributed by atoms with van der Waals surface area (Å²) in [6, 6.07) is 0. The number of hydrogen-bond donors (Lipinski definition) is 1. The number of aromatic nitrogens is 2. The molecule has 1 N–H and O–H groups in total. The van der Waals surface area contributed by atoms with Crippen LogP contribution in [-0.4, -0.2) is 46.8 Å². The van der Waals surface area contributed by atoms with Crippen LogP contribution in [0.1, 0.15) is 44.6 Å². The van der Waals surface area contributed by atoms with Gasteiger partial charge in [-0.25, -0.2) is 0 Å². The molecule has 1 aromatic heterocycles. The molecule has 1 atom stereocenters. The number of rotatable bonds is 7. The van der Waals surface area contributed by atoms with Crippen LogP contribution in [0.3, 0.4) is 0 Å². The minimum atomic E-state index is 0.187. The Labute approximate surface area is 127 Å². The molecule has 0 aromatic carbocycles. The van der Waals surface area contributed by atoms with Gasteiger partial charge in [0, 0.05) is 38.7 Å². The predicted octanol–water partition coefficient (Wildman–Crippen LogP) is 1.76. The van der Waals surface area contributed by atoms with Gasteiger partial charge in [-0.2, -0.15) is 5.10 Å². The van der Waals surface area contributed by atoms with E-state index in [0.29, 0.717) is 18.3 Å². The molecular weight excluding hydrogens is 264 g/mol. The molecule has 0 aliphatic carbocycles. The van der Waals surface area contributed by atoms with Crippen molar-refractivity contribution in [2.75, 3.05) is 26.2 Å². The maximum atomic E-state index is 11.7. The molecule has 1 aliphatic heterocycles. The van der Waals surface area contributed by atoms with Gasteiger partial charge in [0.15, 0.2) is 0 Å². The summed E-state index contributed by atoms with van der Waals surface area (Å²) in [6.45, 7) is 8.26. The number of carbonyl (C=O) groups is 1. The molecule has 118 valence electrons. The highest BCUT2D eigenvalue weighted by Gasteiger charge is 2.24. The van der Waals surface area contributed by atoms with Crippen LogP contribution in [0.5, 0.6) is 0 Å². The maximum Gasteiger partial charge on any atom is 0.220 e. The van der Waals surface area contributed by atoms with Gasteiger partial charge in [-0.05, 0) is 37.4 Å². The maximum absolute atomic E-state index is 11.7. The highest BCUT2D eigenvalue weighted by Crippen LogP contribution is 2.26. The summed E-state index contributed by atoms with van der Waals surface area (Å²) in [5.41, 5.74) is 1.34. The van der Waals surface area contributed by atoms with Crippen molar-refractivity contribution in [3.8, 4) is 0 Å². The minimum Gasteiger partial charge on any atom is -0.356 e. The molecule has 1 amide bonds. The van der Waals surface area contributed by atoms with E-state index in [9.17, 15) is 4.79 Å². The highest BCUT2D eigenvalue weighted by atomic mass is 16.1. The summed E-state index contributed by atoms with van der Waals surface area (Å²) in [5, 5.41) is 7.23. The molecule has 0 bridgehead atoms. The quantitative estimate of drug-likeness (QED) is 0.833. The van der Waals surface area contributed by atoms with E-state index in [-0.39, 0.29) is 5.91 Å². The van der Waals surface area contributed by atoms with Crippen LogP contribution in [0, 0.1) is 5.92 Å². The molecular formula is C16H28N4O. The average Bonchev–Trinajstić information content (AvgIpc) is 3.05. The van der Waals surface area contributed by atoms with Crippen molar-refractivity contribution < 1.29 is 4.79 Å². The molecule has 1 aliphatic rings. The van der Waals surface area contributed by atoms with Gasteiger partial charge in [0.1, 0.15) is 0 Å². The standard InChI is InChI=1S/C16H28N4O/c1-13(2)9-17-16(21)5-4-7-20-8-6-14(12-20)15-10-18-19(3)11-15/h10-11,13-14H,4-9,12H2,1-3H3,(H,17,21). The molecule has 1 unspecified atom stereocenters. The Morgan fingerprint density at radius 3 is 3.00 bits per heavy atom. The second-order valence-electron chi connectivity index (χ2n) is 6.54. The van der Waals surface area contributed by atoms with Gasteiger partial charge in [0.05, 0.1) is 6.20 Å². The topological polar surface area (TPSA) is 50.2 Å². The first-order valence-electron chi connectivity index (χ1n) is 8.02. The van der Waals surface area contributed by atoms with Crippen LogP contribution in [0.15, 0.2) is 12.4 Å². The number of hydrogen-bond acceptors (Lipinski definition) is 3. The lowest BCUT2D eigenvalue weighted by molar-refractivity contribution is -0.121. The number of aryl methyl sites for hydroxylation is 1. The third kappa shape index (κ3) is 5.16. The molecule has 0 spiro atoms. The van der Waals surface area contributed by atoms with E-state index in [1.165, 1.54) is 12.0 Å². The third-order valence-corrected chi connectivity index (χ3v) is 4.05. The zero-order chi connectivity index (χ0) is 15.2. The summed E-state index contributed by atoms with van der Waals surface area (Å²) in [7, 11) is 1.96. The van der Waals surface area contributed by atoms with E-state index < -0.39 is 0 Å². The van der Waals surface area contributed by atoms with Crippen LogP contribution >= 0.6 is 0 Å². The van der Waals surface area contributed by atoms with Crippen LogP contribution in [0.4, 0.5) is 0 Å². The molecule has 1 aromatic rings. The summed E-state index contributed by atoms with van der Waals surface area (Å²) >= 11 is 0. The van der Waals surface area contributed by atoms with Crippen molar-refractivity contribution in [1.82, 2.24) is 20.0 Å². The van der Waals surface area contributed by atoms with E-state index in [1.54, 1.807) is 0 Å². The van der Waals surface area contributed by atoms with Gasteiger partial charge >= 0.3 is 0 Å². The Kier molecular flexibility index (Phi) is 5.79. The van der Waals surface area contributed by atoms with Gasteiger partial charge < -0.3 is 10.2 Å². The SMILES string of the molecule is CC(C)CNC(=O)CCCN1CCC(c2cnn(C)c2)C1. The number of nitrogens with one attached hydrogen (secondary N) is 1. The molecule has 2 rings (SSSR count). The molecule has 5 heteroatoms. The monoisotopic (exact) mass is 292 g/mol. The lowest BCUT2D eigenvalue weighted by Gasteiger charge is -2.15. The minimum absolute atomic E-state index is 0.187. The third-order valence-electron chi connectivity index (χ3n) is 4.05. The van der Waals surface area contributed by atoms with E-state index in [1.807, 2.05) is 17.9 Å². The van der Waals surface area contributed by atoms with Crippen molar-refractivity contribution in [2.45, 2.75) is 39.0 Å². The van der Waals surface area contributed by atoms with Gasteiger partial charge in [0.25, 0.3) is 0 Å². The van der Waals surface area contributed by atoms with Crippen molar-refractivity contribution in [1.29, 1.82) is 0 Å². The average molecular weight is 292 g/mol. The van der Waals surface area contributed by atoms with Crippen molar-refractivity contribution in [3.05, 3.63) is 18.0 Å². The Bertz CT molecular complexity index is 455. The predicted molar refractivity (Wildman–Crippen MR) is 84.1 cm³/mol. The molecule has 2 heterocycles. The molecule has 1 saturated heterocycles. The molecule has 0 saturated carbocycles. The van der Waals surface area contributed by atoms with Crippen molar-refractivity contribution >= 4 is 5.91 Å². The lowest BCUT2D eigenvalue weighted by Crippen LogP contribution is -2.28. The Balaban J connectivity index is 1.63. The number of nitrogens with zero attached hydrogens (tertiary/aromatic N) is 3. The molecule has 5 nitrogen and oxygen atoms in total. The Morgan fingerprint density at radius 2 is 2.33 bits per heavy atom. The molecule has 0 radical (unpaired) electrons. The van der Waals surface area contributed by atoms with Gasteiger partial charge in [-0.15, -0.1) is 0 Å². The van der Waals surface area contributed by atoms with E-state index in [2.05, 4.69) is 35.4 Å². The van der Waals surface area contributed by atoms with Crippen LogP contribution in [0.25, 0.3) is 0 Å². The molecule has 1 fully saturated rings. The number of likely N-dealkylation sites (tertiary alicyclic amines) is 1. The largest absolute Gasteiger partial charge is 0.356 e. The first-order valence-corrected chi connectivity index (χ1v) is 8.02. The second kappa shape index (κ2) is 7.59. The lowest BCUT2D eigenvalue weighted by atomic mass is 10.0. The molecule has 21 heavy (non-hydrogen) atoms. The first kappa shape index (κ1) is 16.0. The summed E-state index contributed by atoms with van der Waals surface area (Å²) in [6.07, 6.45) is 6.89. The fourth-order valence-electron chi connectivity index (χ4n) is 2.83. The first-order chi connectivity index (χ1) is 10.0. The Hall–Kier alpha value is -1.36. The van der Waals surface area contributed by atoms with Gasteiger partial charge in [-0.3, -0.25) is 9.48 Å². The zero-order valence-corrected chi connectivity index (χ0v) is 13.5. The van der Waals surface area contributed by atoms with E-state index in [4.69, 9.17) is 0 Å². The van der Waals surface area contributed by atoms with Crippen molar-refractivity contribution in [2.24, 2.45) is 13.0 Å². The summed E-state index contributed by atoms with van der Waals surface area (Å²) < 4.78 is 1.87. The smallest absolute Gasteiger partial charge is 0.220 e. The number of carbonyl (C=O) groups excluding carboxylic acids is 1.